The molecule has 12 heteroatoms. The summed E-state index contributed by atoms with van der Waals surface area (Å²) < 4.78 is 28.2. The van der Waals surface area contributed by atoms with E-state index in [0.29, 0.717) is 19.3 Å². The molecule has 0 radical (unpaired) electrons. The van der Waals surface area contributed by atoms with E-state index in [1.165, 1.54) is 12.8 Å². The average Bonchev–Trinajstić information content (AvgIpc) is 3.35. The first kappa shape index (κ1) is 64.4. The number of esters is 3. The van der Waals surface area contributed by atoms with Crippen molar-refractivity contribution in [1.29, 1.82) is 0 Å². The Balaban J connectivity index is 2.81. The van der Waals surface area contributed by atoms with E-state index >= 15 is 0 Å². The summed E-state index contributed by atoms with van der Waals surface area (Å²) in [6.45, 7) is 5.58. The molecule has 400 valence electrons. The number of hydrogen-bond donors (Lipinski definition) is 3. The molecule has 0 spiro atoms. The highest BCUT2D eigenvalue weighted by Gasteiger charge is 2.50. The van der Waals surface area contributed by atoms with Crippen LogP contribution in [0.4, 0.5) is 0 Å². The number of carbonyl (C=O) groups is 4. The Morgan fingerprint density at radius 3 is 1.44 bits per heavy atom. The minimum absolute atomic E-state index is 0.0244. The Labute approximate surface area is 427 Å². The molecular weight excluding hydrogens is 901 g/mol. The number of rotatable bonds is 43. The second-order valence-corrected chi connectivity index (χ2v) is 17.8. The molecule has 3 N–H and O–H groups in total. The lowest BCUT2D eigenvalue weighted by Gasteiger charge is -2.40. The van der Waals surface area contributed by atoms with Gasteiger partial charge in [-0.05, 0) is 96.3 Å². The van der Waals surface area contributed by atoms with Crippen LogP contribution in [0.15, 0.2) is 109 Å². The van der Waals surface area contributed by atoms with Crippen LogP contribution in [-0.4, -0.2) is 89.2 Å². The molecule has 12 nitrogen and oxygen atoms in total. The third kappa shape index (κ3) is 36.9. The van der Waals surface area contributed by atoms with E-state index in [-0.39, 0.29) is 25.9 Å². The van der Waals surface area contributed by atoms with Crippen molar-refractivity contribution in [3.8, 4) is 0 Å². The first-order valence-corrected chi connectivity index (χ1v) is 26.9. The second kappa shape index (κ2) is 46.5. The number of aliphatic hydroxyl groups is 2. The molecule has 0 bridgehead atoms. The Morgan fingerprint density at radius 2 is 0.930 bits per heavy atom. The fourth-order valence-corrected chi connectivity index (χ4v) is 7.26. The van der Waals surface area contributed by atoms with E-state index in [9.17, 15) is 34.5 Å². The molecule has 0 aromatic heterocycles. The van der Waals surface area contributed by atoms with Crippen molar-refractivity contribution in [2.75, 3.05) is 13.2 Å². The van der Waals surface area contributed by atoms with E-state index in [2.05, 4.69) is 112 Å². The SMILES string of the molecule is CC/C=C\C/C=C\C/C=C\C/C=C\C/C=C\CC(=O)OCC(COC1OC(C(=O)O)C(O)C(O)C1OC(=O)CCCCCCC/C=C\CCCC)OC(=O)CCCCCCC/C=C\C/C=C\C/C=C\CC. The largest absolute Gasteiger partial charge is 0.479 e. The van der Waals surface area contributed by atoms with Crippen molar-refractivity contribution in [1.82, 2.24) is 0 Å². The topological polar surface area (TPSA) is 175 Å². The monoisotopic (exact) mass is 993 g/mol. The lowest BCUT2D eigenvalue weighted by atomic mass is 9.98. The number of allylic oxidation sites excluding steroid dienone is 17. The van der Waals surface area contributed by atoms with E-state index in [0.717, 1.165) is 116 Å². The predicted octanol–water partition coefficient (Wildman–Crippen LogP) is 13.1. The molecule has 0 amide bonds. The van der Waals surface area contributed by atoms with E-state index in [1.807, 2.05) is 12.2 Å². The number of carboxylic acid groups (broad SMARTS) is 1. The first-order chi connectivity index (χ1) is 34.6. The van der Waals surface area contributed by atoms with Crippen LogP contribution in [0.25, 0.3) is 0 Å². The molecule has 6 atom stereocenters. The number of carbonyl (C=O) groups excluding carboxylic acids is 3. The molecule has 6 unspecified atom stereocenters. The van der Waals surface area contributed by atoms with Gasteiger partial charge in [-0.25, -0.2) is 4.79 Å². The van der Waals surface area contributed by atoms with E-state index < -0.39 is 67.3 Å². The highest BCUT2D eigenvalue weighted by molar-refractivity contribution is 5.74. The molecule has 1 saturated heterocycles. The third-order valence-corrected chi connectivity index (χ3v) is 11.3. The average molecular weight is 993 g/mol. The van der Waals surface area contributed by atoms with Crippen molar-refractivity contribution >= 4 is 23.9 Å². The van der Waals surface area contributed by atoms with Crippen LogP contribution in [0, 0.1) is 0 Å². The predicted molar refractivity (Wildman–Crippen MR) is 284 cm³/mol. The zero-order valence-corrected chi connectivity index (χ0v) is 43.7. The number of unbranched alkanes of at least 4 members (excludes halogenated alkanes) is 12. The zero-order chi connectivity index (χ0) is 51.8. The second-order valence-electron chi connectivity index (χ2n) is 17.8. The van der Waals surface area contributed by atoms with Crippen molar-refractivity contribution < 1.29 is 58.2 Å². The van der Waals surface area contributed by atoms with Gasteiger partial charge >= 0.3 is 23.9 Å². The summed E-state index contributed by atoms with van der Waals surface area (Å²) in [7, 11) is 0. The van der Waals surface area contributed by atoms with Crippen LogP contribution in [-0.2, 0) is 42.9 Å². The van der Waals surface area contributed by atoms with E-state index in [4.69, 9.17) is 23.7 Å². The van der Waals surface area contributed by atoms with Crippen molar-refractivity contribution in [3.05, 3.63) is 109 Å². The van der Waals surface area contributed by atoms with Gasteiger partial charge in [-0.3, -0.25) is 14.4 Å². The first-order valence-electron chi connectivity index (χ1n) is 26.9. The maximum atomic E-state index is 13.1. The number of aliphatic carboxylic acids is 1. The molecule has 71 heavy (non-hydrogen) atoms. The summed E-state index contributed by atoms with van der Waals surface area (Å²) >= 11 is 0. The van der Waals surface area contributed by atoms with Crippen LogP contribution in [0.2, 0.25) is 0 Å². The van der Waals surface area contributed by atoms with Crippen molar-refractivity contribution in [2.24, 2.45) is 0 Å². The third-order valence-electron chi connectivity index (χ3n) is 11.3. The lowest BCUT2D eigenvalue weighted by Crippen LogP contribution is -2.61. The van der Waals surface area contributed by atoms with Gasteiger partial charge < -0.3 is 39.0 Å². The van der Waals surface area contributed by atoms with Gasteiger partial charge in [-0.1, -0.05) is 182 Å². The summed E-state index contributed by atoms with van der Waals surface area (Å²) in [4.78, 5) is 50.8. The highest BCUT2D eigenvalue weighted by Crippen LogP contribution is 2.26. The lowest BCUT2D eigenvalue weighted by molar-refractivity contribution is -0.301. The minimum Gasteiger partial charge on any atom is -0.479 e. The number of hydrogen-bond acceptors (Lipinski definition) is 11. The smallest absolute Gasteiger partial charge is 0.335 e. The molecule has 0 aliphatic carbocycles. The van der Waals surface area contributed by atoms with Crippen LogP contribution < -0.4 is 0 Å². The fourth-order valence-electron chi connectivity index (χ4n) is 7.26. The van der Waals surface area contributed by atoms with Gasteiger partial charge in [-0.2, -0.15) is 0 Å². The molecule has 1 heterocycles. The Bertz CT molecular complexity index is 1650. The van der Waals surface area contributed by atoms with Gasteiger partial charge in [0.15, 0.2) is 24.6 Å². The van der Waals surface area contributed by atoms with Gasteiger partial charge in [0.25, 0.3) is 0 Å². The van der Waals surface area contributed by atoms with Crippen molar-refractivity contribution in [2.45, 2.75) is 225 Å². The normalized spacial score (nSPS) is 19.4. The standard InChI is InChI=1S/C59H92O12/c1-4-7-10-13-16-19-22-24-26-28-31-33-36-39-42-45-51(60)67-48-50(69-52(61)46-43-40-37-35-32-29-27-25-23-20-17-14-11-8-5-2)49-68-59-57(55(64)54(63)56(71-59)58(65)66)70-53(62)47-44-41-38-34-30-21-18-15-12-9-6-3/h7-8,10-11,15-20,24-27,31,33,39,42,50,54-57,59,63-64H,4-6,9,12-14,21-23,28-30,32,34-38,40-41,43-49H2,1-3H3,(H,65,66)/b10-7-,11-8-,18-15-,19-16-,20-17-,26-24-,27-25-,33-31-,42-39-. The summed E-state index contributed by atoms with van der Waals surface area (Å²) in [5, 5.41) is 31.3. The Kier molecular flexibility index (Phi) is 42.1. The van der Waals surface area contributed by atoms with Crippen LogP contribution >= 0.6 is 0 Å². The Hall–Kier alpha value is -4.62. The minimum atomic E-state index is -1.92. The van der Waals surface area contributed by atoms with Crippen LogP contribution in [0.3, 0.4) is 0 Å². The zero-order valence-electron chi connectivity index (χ0n) is 43.7. The summed E-state index contributed by atoms with van der Waals surface area (Å²) in [5.74, 6) is -3.34. The molecular formula is C59H92O12. The maximum absolute atomic E-state index is 13.1. The molecule has 0 aromatic carbocycles. The molecule has 1 rings (SSSR count). The molecule has 0 aromatic rings. The number of carboxylic acids is 1. The van der Waals surface area contributed by atoms with Gasteiger partial charge in [0, 0.05) is 12.8 Å². The van der Waals surface area contributed by atoms with Crippen molar-refractivity contribution in [3.63, 3.8) is 0 Å². The van der Waals surface area contributed by atoms with Gasteiger partial charge in [0.05, 0.1) is 13.0 Å². The maximum Gasteiger partial charge on any atom is 0.335 e. The Morgan fingerprint density at radius 1 is 0.493 bits per heavy atom. The van der Waals surface area contributed by atoms with Crippen LogP contribution in [0.1, 0.15) is 188 Å². The summed E-state index contributed by atoms with van der Waals surface area (Å²) in [6.07, 6.45) is 49.6. The fraction of sp³-hybridized carbons (Fsp3) is 0.627. The highest BCUT2D eigenvalue weighted by atomic mass is 16.7. The van der Waals surface area contributed by atoms with Gasteiger partial charge in [0.1, 0.15) is 18.8 Å². The molecule has 1 fully saturated rings. The molecule has 1 aliphatic heterocycles. The number of ether oxygens (including phenoxy) is 5. The molecule has 0 saturated carbocycles. The van der Waals surface area contributed by atoms with E-state index in [1.54, 1.807) is 6.08 Å². The summed E-state index contributed by atoms with van der Waals surface area (Å²) in [5.41, 5.74) is 0. The van der Waals surface area contributed by atoms with Crippen LogP contribution in [0.5, 0.6) is 0 Å². The van der Waals surface area contributed by atoms with Gasteiger partial charge in [-0.15, -0.1) is 0 Å². The quantitative estimate of drug-likeness (QED) is 0.0229. The number of aliphatic hydroxyl groups excluding tert-OH is 2. The van der Waals surface area contributed by atoms with Gasteiger partial charge in [0.2, 0.25) is 0 Å². The summed E-state index contributed by atoms with van der Waals surface area (Å²) in [6, 6.07) is 0. The molecule has 1 aliphatic rings.